The van der Waals surface area contributed by atoms with Gasteiger partial charge in [-0.1, -0.05) is 6.07 Å². The molecule has 0 fully saturated rings. The van der Waals surface area contributed by atoms with E-state index in [2.05, 4.69) is 35.5 Å². The maximum absolute atomic E-state index is 13.2. The van der Waals surface area contributed by atoms with E-state index in [0.717, 1.165) is 36.3 Å². The number of aryl methyl sites for hydroxylation is 1. The van der Waals surface area contributed by atoms with E-state index in [9.17, 15) is 8.42 Å². The van der Waals surface area contributed by atoms with Crippen molar-refractivity contribution in [3.05, 3.63) is 84.6 Å². The van der Waals surface area contributed by atoms with E-state index < -0.39 is 10.0 Å². The van der Waals surface area contributed by atoms with Crippen molar-refractivity contribution in [1.82, 2.24) is 20.2 Å². The molecule has 0 bridgehead atoms. The van der Waals surface area contributed by atoms with Gasteiger partial charge in [0.05, 0.1) is 37.0 Å². The highest BCUT2D eigenvalue weighted by Crippen LogP contribution is 2.32. The van der Waals surface area contributed by atoms with Crippen LogP contribution in [0.4, 0.5) is 28.8 Å². The zero-order chi connectivity index (χ0) is 30.5. The first-order valence-electron chi connectivity index (χ1n) is 13.9. The lowest BCUT2D eigenvalue weighted by molar-refractivity contribution is 0.317. The predicted octanol–water partition coefficient (Wildman–Crippen LogP) is 5.89. The minimum absolute atomic E-state index is 0.187. The number of H-pyrrole nitrogens is 1. The topological polar surface area (TPSA) is 152 Å². The number of anilines is 5. The minimum atomic E-state index is -3.82. The van der Waals surface area contributed by atoms with Crippen LogP contribution in [0.5, 0.6) is 17.2 Å². The fourth-order valence-corrected chi connectivity index (χ4v) is 5.91. The third kappa shape index (κ3) is 6.52. The first kappa shape index (κ1) is 28.8. The van der Waals surface area contributed by atoms with Gasteiger partial charge in [0, 0.05) is 35.8 Å². The number of nitrogens with zero attached hydrogens (tertiary/aromatic N) is 3. The van der Waals surface area contributed by atoms with Gasteiger partial charge < -0.3 is 24.8 Å². The van der Waals surface area contributed by atoms with Crippen molar-refractivity contribution in [3.8, 4) is 28.6 Å². The molecule has 6 rings (SSSR count). The van der Waals surface area contributed by atoms with Gasteiger partial charge >= 0.3 is 0 Å². The van der Waals surface area contributed by atoms with Crippen LogP contribution >= 0.6 is 0 Å². The fourth-order valence-electron chi connectivity index (χ4n) is 4.81. The van der Waals surface area contributed by atoms with Gasteiger partial charge in [-0.3, -0.25) is 9.82 Å². The Morgan fingerprint density at radius 1 is 0.864 bits per heavy atom. The number of ether oxygens (including phenoxy) is 3. The number of sulfonamides is 1. The highest BCUT2D eigenvalue weighted by molar-refractivity contribution is 7.92. The van der Waals surface area contributed by atoms with Gasteiger partial charge in [-0.25, -0.2) is 13.4 Å². The van der Waals surface area contributed by atoms with Gasteiger partial charge in [-0.2, -0.15) is 4.98 Å². The smallest absolute Gasteiger partial charge is 0.261 e. The van der Waals surface area contributed by atoms with Crippen molar-refractivity contribution in [1.29, 1.82) is 0 Å². The van der Waals surface area contributed by atoms with Crippen LogP contribution in [0.3, 0.4) is 0 Å². The zero-order valence-corrected chi connectivity index (χ0v) is 24.9. The quantitative estimate of drug-likeness (QED) is 0.150. The Balaban J connectivity index is 1.18. The molecular weight excluding hydrogens is 582 g/mol. The van der Waals surface area contributed by atoms with Crippen LogP contribution in [0.1, 0.15) is 18.4 Å². The Kier molecular flexibility index (Phi) is 8.19. The molecule has 0 saturated carbocycles. The number of fused-ring (bicyclic) bond motifs is 1. The van der Waals surface area contributed by atoms with Gasteiger partial charge in [0.2, 0.25) is 5.95 Å². The molecule has 0 atom stereocenters. The number of pyridine rings is 1. The van der Waals surface area contributed by atoms with E-state index in [1.165, 1.54) is 0 Å². The molecule has 2 aromatic heterocycles. The second-order valence-corrected chi connectivity index (χ2v) is 11.7. The van der Waals surface area contributed by atoms with E-state index in [-0.39, 0.29) is 4.90 Å². The third-order valence-electron chi connectivity index (χ3n) is 6.97. The molecule has 0 radical (unpaired) electrons. The highest BCUT2D eigenvalue weighted by Gasteiger charge is 2.19. The molecule has 3 heterocycles. The number of hydrogen-bond acceptors (Lipinski definition) is 10. The lowest BCUT2D eigenvalue weighted by Crippen LogP contribution is -2.13. The van der Waals surface area contributed by atoms with Gasteiger partial charge in [0.1, 0.15) is 23.1 Å². The predicted molar refractivity (Wildman–Crippen MR) is 168 cm³/mol. The van der Waals surface area contributed by atoms with E-state index in [4.69, 9.17) is 14.2 Å². The summed E-state index contributed by atoms with van der Waals surface area (Å²) in [6, 6.07) is 21.0. The van der Waals surface area contributed by atoms with Crippen LogP contribution in [0.2, 0.25) is 0 Å². The van der Waals surface area contributed by atoms with E-state index >= 15 is 0 Å². The average Bonchev–Trinajstić information content (AvgIpc) is 3.35. The molecule has 13 heteroatoms. The van der Waals surface area contributed by atoms with Crippen molar-refractivity contribution in [2.75, 3.05) is 36.2 Å². The van der Waals surface area contributed by atoms with Gasteiger partial charge in [0.15, 0.2) is 5.82 Å². The van der Waals surface area contributed by atoms with Gasteiger partial charge in [0.25, 0.3) is 10.0 Å². The number of hydrogen-bond donors (Lipinski definition) is 4. The molecule has 0 spiro atoms. The fraction of sp³-hybridized carbons (Fsp3) is 0.194. The standard InChI is InChI=1S/C31H31N7O5S/c1-41-24-17-23(18-25(19-24)42-2)33-29-27(10-6-13-32-29)30-35-31(37-36-30)34-21-8-5-9-22(16-21)38-44(39,40)26-11-12-28-20(15-26)7-3-4-14-43-28/h5-6,8-13,15-19,38H,3-4,7,14H2,1-2H3,(H,32,33)(H2,34,35,36,37). The van der Waals surface area contributed by atoms with Crippen molar-refractivity contribution in [2.24, 2.45) is 0 Å². The summed E-state index contributed by atoms with van der Waals surface area (Å²) < 4.78 is 45.6. The van der Waals surface area contributed by atoms with Crippen LogP contribution in [0.15, 0.2) is 83.9 Å². The summed E-state index contributed by atoms with van der Waals surface area (Å²) in [6.07, 6.45) is 4.35. The van der Waals surface area contributed by atoms with Crippen LogP contribution in [0.25, 0.3) is 11.4 Å². The molecule has 44 heavy (non-hydrogen) atoms. The molecule has 4 N–H and O–H groups in total. The summed E-state index contributed by atoms with van der Waals surface area (Å²) >= 11 is 0. The molecular formula is C31H31N7O5S. The number of rotatable bonds is 10. The second kappa shape index (κ2) is 12.5. The van der Waals surface area contributed by atoms with Crippen molar-refractivity contribution in [3.63, 3.8) is 0 Å². The Morgan fingerprint density at radius 2 is 1.68 bits per heavy atom. The number of aromatic nitrogens is 4. The van der Waals surface area contributed by atoms with Crippen LogP contribution in [-0.4, -0.2) is 49.4 Å². The Labute approximate surface area is 254 Å². The maximum atomic E-state index is 13.2. The molecule has 0 saturated heterocycles. The van der Waals surface area contributed by atoms with Gasteiger partial charge in [-0.15, -0.1) is 5.10 Å². The van der Waals surface area contributed by atoms with Crippen molar-refractivity contribution >= 4 is 38.9 Å². The molecule has 0 amide bonds. The molecule has 3 aromatic carbocycles. The summed E-state index contributed by atoms with van der Waals surface area (Å²) in [5.74, 6) is 3.32. The average molecular weight is 614 g/mol. The Morgan fingerprint density at radius 3 is 2.50 bits per heavy atom. The molecule has 5 aromatic rings. The van der Waals surface area contributed by atoms with Gasteiger partial charge in [-0.05, 0) is 73.4 Å². The summed E-state index contributed by atoms with van der Waals surface area (Å²) in [4.78, 5) is 9.26. The van der Waals surface area contributed by atoms with E-state index in [0.29, 0.717) is 52.6 Å². The normalized spacial score (nSPS) is 12.8. The van der Waals surface area contributed by atoms with Crippen LogP contribution in [-0.2, 0) is 16.4 Å². The molecule has 1 aliphatic heterocycles. The van der Waals surface area contributed by atoms with Crippen LogP contribution < -0.4 is 29.6 Å². The first-order chi connectivity index (χ1) is 21.4. The molecule has 12 nitrogen and oxygen atoms in total. The largest absolute Gasteiger partial charge is 0.497 e. The second-order valence-electron chi connectivity index (χ2n) is 10.0. The van der Waals surface area contributed by atoms with Crippen molar-refractivity contribution < 1.29 is 22.6 Å². The highest BCUT2D eigenvalue weighted by atomic mass is 32.2. The van der Waals surface area contributed by atoms with Crippen LogP contribution in [0, 0.1) is 0 Å². The van der Waals surface area contributed by atoms with Crippen molar-refractivity contribution in [2.45, 2.75) is 24.2 Å². The molecule has 0 unspecified atom stereocenters. The number of methoxy groups -OCH3 is 2. The van der Waals surface area contributed by atoms with E-state index in [1.807, 2.05) is 18.2 Å². The number of aromatic amines is 1. The Bertz CT molecular complexity index is 1870. The third-order valence-corrected chi connectivity index (χ3v) is 8.35. The maximum Gasteiger partial charge on any atom is 0.261 e. The first-order valence-corrected chi connectivity index (χ1v) is 15.4. The summed E-state index contributed by atoms with van der Waals surface area (Å²) in [7, 11) is -0.645. The molecule has 0 aliphatic carbocycles. The minimum Gasteiger partial charge on any atom is -0.497 e. The zero-order valence-electron chi connectivity index (χ0n) is 24.1. The summed E-state index contributed by atoms with van der Waals surface area (Å²) in [6.45, 7) is 0.642. The molecule has 226 valence electrons. The lowest BCUT2D eigenvalue weighted by Gasteiger charge is -2.12. The monoisotopic (exact) mass is 613 g/mol. The lowest BCUT2D eigenvalue weighted by atomic mass is 10.1. The molecule has 1 aliphatic rings. The number of nitrogens with one attached hydrogen (secondary N) is 4. The summed E-state index contributed by atoms with van der Waals surface area (Å²) in [5.41, 5.74) is 3.29. The SMILES string of the molecule is COc1cc(Nc2ncccc2-c2nc(Nc3cccc(NS(=O)(=O)c4ccc5c(c4)CCCCO5)c3)n[nH]2)cc(OC)c1. The van der Waals surface area contributed by atoms with E-state index in [1.54, 1.807) is 75.0 Å². The number of benzene rings is 3. The summed E-state index contributed by atoms with van der Waals surface area (Å²) in [5, 5.41) is 13.7. The Hall–Kier alpha value is -5.30.